The maximum atomic E-state index is 13.4. The van der Waals surface area contributed by atoms with Crippen molar-refractivity contribution in [2.45, 2.75) is 33.1 Å². The summed E-state index contributed by atoms with van der Waals surface area (Å²) in [5.41, 5.74) is 4.91. The molecule has 0 saturated heterocycles. The molecule has 0 radical (unpaired) electrons. The van der Waals surface area contributed by atoms with Crippen molar-refractivity contribution in [2.24, 2.45) is 0 Å². The Morgan fingerprint density at radius 1 is 0.973 bits per heavy atom. The molecule has 5 rings (SSSR count). The van der Waals surface area contributed by atoms with E-state index < -0.39 is 12.0 Å². The average molecular weight is 498 g/mol. The molecule has 1 aliphatic rings. The van der Waals surface area contributed by atoms with E-state index in [9.17, 15) is 4.79 Å². The van der Waals surface area contributed by atoms with Crippen molar-refractivity contribution < 1.29 is 19.0 Å². The van der Waals surface area contributed by atoms with Crippen LogP contribution in [0.5, 0.6) is 11.5 Å². The van der Waals surface area contributed by atoms with Gasteiger partial charge in [-0.15, -0.1) is 0 Å². The van der Waals surface area contributed by atoms with Gasteiger partial charge in [-0.05, 0) is 58.7 Å². The van der Waals surface area contributed by atoms with Crippen LogP contribution in [0.3, 0.4) is 0 Å². The first kappa shape index (κ1) is 24.1. The third-order valence-corrected chi connectivity index (χ3v) is 6.29. The van der Waals surface area contributed by atoms with Gasteiger partial charge in [-0.3, -0.25) is 0 Å². The van der Waals surface area contributed by atoms with Crippen LogP contribution in [-0.2, 0) is 22.7 Å². The van der Waals surface area contributed by atoms with E-state index in [0.29, 0.717) is 35.3 Å². The number of tetrazole rings is 1. The summed E-state index contributed by atoms with van der Waals surface area (Å²) in [7, 11) is 1.58. The Morgan fingerprint density at radius 2 is 1.76 bits per heavy atom. The number of methoxy groups -OCH3 is 1. The van der Waals surface area contributed by atoms with E-state index in [1.807, 2.05) is 79.7 Å². The SMILES string of the molecule is COc1cc(C2C(C(=O)OCc3ccccc3)=C(C)Nc3nnnn32)ccc1OCc1ccccc1C. The largest absolute Gasteiger partial charge is 0.493 e. The minimum Gasteiger partial charge on any atom is -0.493 e. The average Bonchev–Trinajstić information content (AvgIpc) is 3.39. The predicted molar refractivity (Wildman–Crippen MR) is 137 cm³/mol. The number of benzene rings is 3. The van der Waals surface area contributed by atoms with Gasteiger partial charge < -0.3 is 19.5 Å². The first-order valence-electron chi connectivity index (χ1n) is 11.9. The summed E-state index contributed by atoms with van der Waals surface area (Å²) in [6, 6.07) is 22.5. The van der Waals surface area contributed by atoms with E-state index in [1.54, 1.807) is 18.7 Å². The Kier molecular flexibility index (Phi) is 6.85. The Balaban J connectivity index is 1.44. The van der Waals surface area contributed by atoms with E-state index in [0.717, 1.165) is 22.3 Å². The zero-order valence-corrected chi connectivity index (χ0v) is 20.8. The lowest BCUT2D eigenvalue weighted by Gasteiger charge is -2.28. The van der Waals surface area contributed by atoms with Gasteiger partial charge in [0.25, 0.3) is 0 Å². The molecule has 0 fully saturated rings. The van der Waals surface area contributed by atoms with Gasteiger partial charge >= 0.3 is 5.97 Å². The van der Waals surface area contributed by atoms with Crippen LogP contribution in [0.1, 0.15) is 35.2 Å². The summed E-state index contributed by atoms with van der Waals surface area (Å²) >= 11 is 0. The Bertz CT molecular complexity index is 1450. The maximum absolute atomic E-state index is 13.4. The van der Waals surface area contributed by atoms with Gasteiger partial charge in [0.05, 0.1) is 12.7 Å². The van der Waals surface area contributed by atoms with Crippen LogP contribution in [0.15, 0.2) is 84.1 Å². The van der Waals surface area contributed by atoms with Crippen molar-refractivity contribution in [1.82, 2.24) is 20.2 Å². The van der Waals surface area contributed by atoms with Crippen LogP contribution in [-0.4, -0.2) is 33.3 Å². The molecule has 1 N–H and O–H groups in total. The number of aromatic nitrogens is 4. The third-order valence-electron chi connectivity index (χ3n) is 6.29. The van der Waals surface area contributed by atoms with E-state index in [1.165, 1.54) is 0 Å². The fourth-order valence-corrected chi connectivity index (χ4v) is 4.29. The molecule has 0 aliphatic carbocycles. The lowest BCUT2D eigenvalue weighted by molar-refractivity contribution is -0.140. The number of allylic oxidation sites excluding steroid dienone is 1. The molecular weight excluding hydrogens is 470 g/mol. The number of fused-ring (bicyclic) bond motifs is 1. The molecule has 1 aliphatic heterocycles. The van der Waals surface area contributed by atoms with Crippen LogP contribution in [0.25, 0.3) is 0 Å². The monoisotopic (exact) mass is 497 g/mol. The van der Waals surface area contributed by atoms with Crippen LogP contribution in [0.2, 0.25) is 0 Å². The summed E-state index contributed by atoms with van der Waals surface area (Å²) in [6.07, 6.45) is 0. The Labute approximate surface area is 214 Å². The topological polar surface area (TPSA) is 100 Å². The predicted octanol–water partition coefficient (Wildman–Crippen LogP) is 4.60. The summed E-state index contributed by atoms with van der Waals surface area (Å²) in [4.78, 5) is 13.4. The second-order valence-electron chi connectivity index (χ2n) is 8.70. The molecule has 1 atom stereocenters. The van der Waals surface area contributed by atoms with E-state index in [4.69, 9.17) is 14.2 Å². The lowest BCUT2D eigenvalue weighted by Crippen LogP contribution is -2.29. The standard InChI is InChI=1S/C28H27N5O4/c1-18-9-7-8-12-22(18)17-36-23-14-13-21(15-24(23)35-3)26-25(19(2)29-28-30-31-32-33(26)28)27(34)37-16-20-10-5-4-6-11-20/h4-15,26H,16-17H2,1-3H3,(H,29,30,32). The van der Waals surface area contributed by atoms with E-state index >= 15 is 0 Å². The molecule has 9 heteroatoms. The summed E-state index contributed by atoms with van der Waals surface area (Å²) in [6.45, 7) is 4.41. The number of aryl methyl sites for hydroxylation is 1. The van der Waals surface area contributed by atoms with Gasteiger partial charge in [-0.2, -0.15) is 4.68 Å². The van der Waals surface area contributed by atoms with Crippen molar-refractivity contribution in [3.63, 3.8) is 0 Å². The molecule has 2 heterocycles. The maximum Gasteiger partial charge on any atom is 0.338 e. The highest BCUT2D eigenvalue weighted by molar-refractivity contribution is 5.92. The molecule has 0 amide bonds. The number of carbonyl (C=O) groups is 1. The summed E-state index contributed by atoms with van der Waals surface area (Å²) in [5, 5.41) is 15.1. The number of esters is 1. The Hall–Kier alpha value is -4.66. The minimum absolute atomic E-state index is 0.153. The molecule has 9 nitrogen and oxygen atoms in total. The second-order valence-corrected chi connectivity index (χ2v) is 8.70. The van der Waals surface area contributed by atoms with Gasteiger partial charge in [-0.25, -0.2) is 4.79 Å². The summed E-state index contributed by atoms with van der Waals surface area (Å²) in [5.74, 6) is 1.10. The van der Waals surface area contributed by atoms with Crippen molar-refractivity contribution in [3.8, 4) is 11.5 Å². The van der Waals surface area contributed by atoms with Crippen LogP contribution < -0.4 is 14.8 Å². The van der Waals surface area contributed by atoms with E-state index in [2.05, 4.69) is 20.8 Å². The minimum atomic E-state index is -0.617. The molecule has 188 valence electrons. The van der Waals surface area contributed by atoms with Crippen LogP contribution in [0.4, 0.5) is 5.95 Å². The molecule has 37 heavy (non-hydrogen) atoms. The first-order valence-corrected chi connectivity index (χ1v) is 11.9. The highest BCUT2D eigenvalue weighted by Gasteiger charge is 2.35. The quantitative estimate of drug-likeness (QED) is 0.353. The zero-order chi connectivity index (χ0) is 25.8. The van der Waals surface area contributed by atoms with Gasteiger partial charge in [0.15, 0.2) is 11.5 Å². The van der Waals surface area contributed by atoms with Crippen LogP contribution in [0, 0.1) is 6.92 Å². The molecule has 3 aromatic carbocycles. The van der Waals surface area contributed by atoms with E-state index in [-0.39, 0.29) is 6.61 Å². The molecule has 4 aromatic rings. The second kappa shape index (κ2) is 10.5. The molecule has 0 spiro atoms. The number of nitrogens with one attached hydrogen (secondary N) is 1. The number of hydrogen-bond acceptors (Lipinski definition) is 8. The molecular formula is C28H27N5O4. The fraction of sp³-hybridized carbons (Fsp3) is 0.214. The zero-order valence-electron chi connectivity index (χ0n) is 20.8. The van der Waals surface area contributed by atoms with Gasteiger partial charge in [0.1, 0.15) is 19.3 Å². The van der Waals surface area contributed by atoms with Crippen molar-refractivity contribution in [3.05, 3.63) is 106 Å². The highest BCUT2D eigenvalue weighted by atomic mass is 16.5. The van der Waals surface area contributed by atoms with Gasteiger partial charge in [-0.1, -0.05) is 65.8 Å². The third kappa shape index (κ3) is 5.02. The van der Waals surface area contributed by atoms with Crippen molar-refractivity contribution >= 4 is 11.9 Å². The number of anilines is 1. The van der Waals surface area contributed by atoms with Crippen molar-refractivity contribution in [1.29, 1.82) is 0 Å². The number of rotatable bonds is 8. The molecule has 1 unspecified atom stereocenters. The smallest absolute Gasteiger partial charge is 0.338 e. The number of hydrogen-bond donors (Lipinski definition) is 1. The normalized spacial score (nSPS) is 14.5. The number of carbonyl (C=O) groups excluding carboxylic acids is 1. The molecule has 0 saturated carbocycles. The summed E-state index contributed by atoms with van der Waals surface area (Å²) < 4.78 is 19.0. The lowest BCUT2D eigenvalue weighted by atomic mass is 9.95. The highest BCUT2D eigenvalue weighted by Crippen LogP contribution is 2.39. The fourth-order valence-electron chi connectivity index (χ4n) is 4.29. The number of ether oxygens (including phenoxy) is 3. The molecule has 1 aromatic heterocycles. The van der Waals surface area contributed by atoms with Crippen LogP contribution >= 0.6 is 0 Å². The number of nitrogens with zero attached hydrogens (tertiary/aromatic N) is 4. The van der Waals surface area contributed by atoms with Gasteiger partial charge in [0.2, 0.25) is 5.95 Å². The first-order chi connectivity index (χ1) is 18.0. The molecule has 0 bridgehead atoms. The van der Waals surface area contributed by atoms with Gasteiger partial charge in [0, 0.05) is 5.70 Å². The van der Waals surface area contributed by atoms with Crippen molar-refractivity contribution in [2.75, 3.05) is 12.4 Å². The Morgan fingerprint density at radius 3 is 2.54 bits per heavy atom.